The minimum atomic E-state index is -3.50. The summed E-state index contributed by atoms with van der Waals surface area (Å²) in [5.41, 5.74) is 2.66. The molecule has 0 spiro atoms. The molecular formula is C20H24ClN3O4S. The highest BCUT2D eigenvalue weighted by atomic mass is 35.5. The van der Waals surface area contributed by atoms with Crippen LogP contribution >= 0.6 is 11.6 Å². The van der Waals surface area contributed by atoms with Crippen LogP contribution in [-0.2, 0) is 21.3 Å². The van der Waals surface area contributed by atoms with Gasteiger partial charge in [0, 0.05) is 37.9 Å². The number of anilines is 2. The third-order valence-corrected chi connectivity index (χ3v) is 5.53. The maximum Gasteiger partial charge on any atom is 0.253 e. The fraction of sp³-hybridized carbons (Fsp3) is 0.350. The van der Waals surface area contributed by atoms with E-state index >= 15 is 0 Å². The molecule has 2 aromatic rings. The molecule has 1 aliphatic heterocycles. The number of halogens is 1. The Bertz CT molecular complexity index is 991. The lowest BCUT2D eigenvalue weighted by Gasteiger charge is -2.31. The van der Waals surface area contributed by atoms with Gasteiger partial charge >= 0.3 is 0 Å². The molecule has 2 aromatic carbocycles. The van der Waals surface area contributed by atoms with E-state index in [-0.39, 0.29) is 16.6 Å². The molecule has 0 aliphatic carbocycles. The molecular weight excluding hydrogens is 414 g/mol. The Hall–Kier alpha value is -2.29. The summed E-state index contributed by atoms with van der Waals surface area (Å²) in [6.45, 7) is 3.41. The van der Waals surface area contributed by atoms with Crippen molar-refractivity contribution in [3.63, 3.8) is 0 Å². The van der Waals surface area contributed by atoms with Crippen molar-refractivity contribution in [3.8, 4) is 0 Å². The first-order chi connectivity index (χ1) is 13.7. The quantitative estimate of drug-likeness (QED) is 0.751. The van der Waals surface area contributed by atoms with E-state index in [0.717, 1.165) is 30.6 Å². The number of para-hydroxylation sites is 1. The molecule has 1 heterocycles. The maximum absolute atomic E-state index is 12.9. The Balaban J connectivity index is 1.79. The average molecular weight is 438 g/mol. The van der Waals surface area contributed by atoms with Crippen LogP contribution in [0.4, 0.5) is 11.4 Å². The van der Waals surface area contributed by atoms with Gasteiger partial charge < -0.3 is 14.5 Å². The number of hydrogen-bond donors (Lipinski definition) is 1. The number of benzene rings is 2. The number of amides is 1. The van der Waals surface area contributed by atoms with E-state index < -0.39 is 10.0 Å². The summed E-state index contributed by atoms with van der Waals surface area (Å²) in [7, 11) is -1.79. The summed E-state index contributed by atoms with van der Waals surface area (Å²) in [5, 5.41) is 0.229. The van der Waals surface area contributed by atoms with Crippen LogP contribution in [0.5, 0.6) is 0 Å². The Labute approximate surface area is 176 Å². The van der Waals surface area contributed by atoms with Gasteiger partial charge in [-0.15, -0.1) is 0 Å². The predicted octanol–water partition coefficient (Wildman–Crippen LogP) is 2.82. The molecule has 7 nitrogen and oxygen atoms in total. The molecule has 0 saturated carbocycles. The van der Waals surface area contributed by atoms with Crippen LogP contribution in [0.3, 0.4) is 0 Å². The van der Waals surface area contributed by atoms with Crippen LogP contribution in [0, 0.1) is 0 Å². The molecule has 1 aliphatic rings. The molecule has 156 valence electrons. The van der Waals surface area contributed by atoms with Gasteiger partial charge in [-0.25, -0.2) is 8.42 Å². The van der Waals surface area contributed by atoms with E-state index in [2.05, 4.69) is 15.7 Å². The van der Waals surface area contributed by atoms with Gasteiger partial charge in [-0.3, -0.25) is 9.52 Å². The molecule has 0 aromatic heterocycles. The van der Waals surface area contributed by atoms with E-state index in [0.29, 0.717) is 25.3 Å². The van der Waals surface area contributed by atoms with Gasteiger partial charge in [0.2, 0.25) is 10.0 Å². The second kappa shape index (κ2) is 9.02. The number of hydrogen-bond acceptors (Lipinski definition) is 5. The first kappa shape index (κ1) is 21.4. The van der Waals surface area contributed by atoms with Crippen molar-refractivity contribution < 1.29 is 17.9 Å². The zero-order valence-electron chi connectivity index (χ0n) is 16.4. The van der Waals surface area contributed by atoms with Gasteiger partial charge in [0.25, 0.3) is 5.91 Å². The highest BCUT2D eigenvalue weighted by Gasteiger charge is 2.19. The van der Waals surface area contributed by atoms with E-state index in [1.807, 2.05) is 18.2 Å². The molecule has 0 atom stereocenters. The van der Waals surface area contributed by atoms with Gasteiger partial charge in [0.1, 0.15) is 0 Å². The minimum Gasteiger partial charge on any atom is -0.378 e. The summed E-state index contributed by atoms with van der Waals surface area (Å²) < 4.78 is 30.8. The van der Waals surface area contributed by atoms with Gasteiger partial charge in [0.15, 0.2) is 0 Å². The van der Waals surface area contributed by atoms with Crippen LogP contribution in [0.25, 0.3) is 0 Å². The number of nitrogens with zero attached hydrogens (tertiary/aromatic N) is 2. The topological polar surface area (TPSA) is 79.0 Å². The van der Waals surface area contributed by atoms with Crippen molar-refractivity contribution >= 4 is 38.9 Å². The molecule has 0 unspecified atom stereocenters. The molecule has 0 radical (unpaired) electrons. The van der Waals surface area contributed by atoms with Gasteiger partial charge in [-0.1, -0.05) is 29.8 Å². The number of morpholine rings is 1. The van der Waals surface area contributed by atoms with Crippen LogP contribution in [0.2, 0.25) is 5.02 Å². The van der Waals surface area contributed by atoms with Crippen LogP contribution in [-0.4, -0.2) is 58.8 Å². The summed E-state index contributed by atoms with van der Waals surface area (Å²) in [4.78, 5) is 16.8. The highest BCUT2D eigenvalue weighted by Crippen LogP contribution is 2.26. The minimum absolute atomic E-state index is 0.183. The first-order valence-corrected chi connectivity index (χ1v) is 11.4. The van der Waals surface area contributed by atoms with Gasteiger partial charge in [-0.05, 0) is 29.8 Å². The van der Waals surface area contributed by atoms with E-state index in [1.165, 1.54) is 12.1 Å². The SMILES string of the molecule is CN(Cc1ccccc1N1CCOCC1)C(=O)c1ccc(Cl)c(NS(C)(=O)=O)c1. The molecule has 1 fully saturated rings. The summed E-state index contributed by atoms with van der Waals surface area (Å²) in [6, 6.07) is 12.5. The number of nitrogens with one attached hydrogen (secondary N) is 1. The maximum atomic E-state index is 12.9. The summed E-state index contributed by atoms with van der Waals surface area (Å²) in [5.74, 6) is -0.227. The third-order valence-electron chi connectivity index (χ3n) is 4.61. The van der Waals surface area contributed by atoms with E-state index in [4.69, 9.17) is 16.3 Å². The van der Waals surface area contributed by atoms with Crippen LogP contribution < -0.4 is 9.62 Å². The van der Waals surface area contributed by atoms with Gasteiger partial charge in [-0.2, -0.15) is 0 Å². The molecule has 1 N–H and O–H groups in total. The fourth-order valence-corrected chi connectivity index (χ4v) is 4.03. The van der Waals surface area contributed by atoms with Crippen molar-refractivity contribution in [1.82, 2.24) is 4.90 Å². The highest BCUT2D eigenvalue weighted by molar-refractivity contribution is 7.92. The van der Waals surface area contributed by atoms with Crippen molar-refractivity contribution in [2.45, 2.75) is 6.54 Å². The standard InChI is InChI=1S/C20H24ClN3O4S/c1-23(14-16-5-3-4-6-19(16)24-9-11-28-12-10-24)20(25)15-7-8-17(21)18(13-15)22-29(2,26)27/h3-8,13,22H,9-12,14H2,1-2H3. The lowest BCUT2D eigenvalue weighted by atomic mass is 10.1. The largest absolute Gasteiger partial charge is 0.378 e. The fourth-order valence-electron chi connectivity index (χ4n) is 3.24. The Kier molecular flexibility index (Phi) is 6.66. The van der Waals surface area contributed by atoms with Crippen molar-refractivity contribution in [3.05, 3.63) is 58.6 Å². The molecule has 0 bridgehead atoms. The van der Waals surface area contributed by atoms with Crippen LogP contribution in [0.15, 0.2) is 42.5 Å². The number of ether oxygens (including phenoxy) is 1. The summed E-state index contributed by atoms with van der Waals surface area (Å²) in [6.07, 6.45) is 1.03. The zero-order valence-corrected chi connectivity index (χ0v) is 18.0. The van der Waals surface area contributed by atoms with Crippen molar-refractivity contribution in [2.75, 3.05) is 49.2 Å². The Morgan fingerprint density at radius 1 is 1.21 bits per heavy atom. The first-order valence-electron chi connectivity index (χ1n) is 9.18. The van der Waals surface area contributed by atoms with E-state index in [9.17, 15) is 13.2 Å². The Morgan fingerprint density at radius 3 is 2.59 bits per heavy atom. The van der Waals surface area contributed by atoms with Crippen LogP contribution in [0.1, 0.15) is 15.9 Å². The number of sulfonamides is 1. The molecule has 1 amide bonds. The second-order valence-corrected chi connectivity index (χ2v) is 9.11. The third kappa shape index (κ3) is 5.62. The molecule has 1 saturated heterocycles. The number of carbonyl (C=O) groups is 1. The normalized spacial score (nSPS) is 14.5. The Morgan fingerprint density at radius 2 is 1.90 bits per heavy atom. The second-order valence-electron chi connectivity index (χ2n) is 6.96. The monoisotopic (exact) mass is 437 g/mol. The molecule has 29 heavy (non-hydrogen) atoms. The van der Waals surface area contributed by atoms with Crippen molar-refractivity contribution in [1.29, 1.82) is 0 Å². The lowest BCUT2D eigenvalue weighted by Crippen LogP contribution is -2.37. The molecule has 9 heteroatoms. The van der Waals surface area contributed by atoms with E-state index in [1.54, 1.807) is 18.0 Å². The zero-order chi connectivity index (χ0) is 21.0. The lowest BCUT2D eigenvalue weighted by molar-refractivity contribution is 0.0785. The van der Waals surface area contributed by atoms with Crippen molar-refractivity contribution in [2.24, 2.45) is 0 Å². The number of rotatable bonds is 6. The number of carbonyl (C=O) groups excluding carboxylic acids is 1. The predicted molar refractivity (Wildman–Crippen MR) is 115 cm³/mol. The average Bonchev–Trinajstić information content (AvgIpc) is 2.69. The smallest absolute Gasteiger partial charge is 0.253 e. The van der Waals surface area contributed by atoms with Gasteiger partial charge in [0.05, 0.1) is 30.2 Å². The summed E-state index contributed by atoms with van der Waals surface area (Å²) >= 11 is 6.06. The molecule has 3 rings (SSSR count).